The molecule has 0 spiro atoms. The van der Waals surface area contributed by atoms with Crippen LogP contribution in [0.5, 0.6) is 5.75 Å². The SMILES string of the molecule is CN=C(NCCOCc1ccccc1OC)NC1CCN(Cc2ccc(F)cc2)CC1. The number of nitrogens with zero attached hydrogens (tertiary/aromatic N) is 2. The van der Waals surface area contributed by atoms with Crippen LogP contribution in [0.25, 0.3) is 0 Å². The van der Waals surface area contributed by atoms with E-state index in [1.807, 2.05) is 36.4 Å². The molecule has 0 atom stereocenters. The number of halogens is 1. The van der Waals surface area contributed by atoms with E-state index in [0.29, 0.717) is 25.8 Å². The highest BCUT2D eigenvalue weighted by molar-refractivity contribution is 5.79. The van der Waals surface area contributed by atoms with Crippen LogP contribution in [0.4, 0.5) is 4.39 Å². The maximum absolute atomic E-state index is 13.1. The van der Waals surface area contributed by atoms with Gasteiger partial charge in [0.1, 0.15) is 11.6 Å². The Morgan fingerprint density at radius 3 is 2.58 bits per heavy atom. The summed E-state index contributed by atoms with van der Waals surface area (Å²) in [5.41, 5.74) is 2.19. The Kier molecular flexibility index (Phi) is 9.12. The van der Waals surface area contributed by atoms with Gasteiger partial charge < -0.3 is 20.1 Å². The predicted molar refractivity (Wildman–Crippen MR) is 122 cm³/mol. The van der Waals surface area contributed by atoms with Gasteiger partial charge in [0.15, 0.2) is 5.96 Å². The Labute approximate surface area is 184 Å². The first-order valence-corrected chi connectivity index (χ1v) is 10.8. The number of ether oxygens (including phenoxy) is 2. The minimum Gasteiger partial charge on any atom is -0.496 e. The van der Waals surface area contributed by atoms with Crippen molar-refractivity contribution in [3.63, 3.8) is 0 Å². The fourth-order valence-corrected chi connectivity index (χ4v) is 3.72. The molecular weight excluding hydrogens is 395 g/mol. The Morgan fingerprint density at radius 2 is 1.87 bits per heavy atom. The molecule has 2 aromatic carbocycles. The van der Waals surface area contributed by atoms with Crippen LogP contribution in [0.1, 0.15) is 24.0 Å². The number of para-hydroxylation sites is 1. The molecule has 0 radical (unpaired) electrons. The number of methoxy groups -OCH3 is 1. The highest BCUT2D eigenvalue weighted by atomic mass is 19.1. The molecule has 1 aliphatic heterocycles. The van der Waals surface area contributed by atoms with Gasteiger partial charge in [-0.05, 0) is 36.6 Å². The number of aliphatic imine (C=N–C) groups is 1. The average molecular weight is 429 g/mol. The number of hydrogen-bond donors (Lipinski definition) is 2. The molecule has 1 aliphatic rings. The largest absolute Gasteiger partial charge is 0.496 e. The fourth-order valence-electron chi connectivity index (χ4n) is 3.72. The second-order valence-electron chi connectivity index (χ2n) is 7.68. The number of benzene rings is 2. The van der Waals surface area contributed by atoms with E-state index in [1.165, 1.54) is 12.1 Å². The zero-order chi connectivity index (χ0) is 21.9. The van der Waals surface area contributed by atoms with Crippen LogP contribution in [0, 0.1) is 5.82 Å². The smallest absolute Gasteiger partial charge is 0.191 e. The third-order valence-electron chi connectivity index (χ3n) is 5.46. The number of likely N-dealkylation sites (tertiary alicyclic amines) is 1. The summed E-state index contributed by atoms with van der Waals surface area (Å²) in [5, 5.41) is 6.83. The lowest BCUT2D eigenvalue weighted by Gasteiger charge is -2.33. The van der Waals surface area contributed by atoms with Gasteiger partial charge in [0.05, 0.1) is 20.3 Å². The lowest BCUT2D eigenvalue weighted by Crippen LogP contribution is -2.49. The molecule has 0 aromatic heterocycles. The summed E-state index contributed by atoms with van der Waals surface area (Å²) < 4.78 is 24.2. The highest BCUT2D eigenvalue weighted by Crippen LogP contribution is 2.18. The molecule has 2 N–H and O–H groups in total. The van der Waals surface area contributed by atoms with Gasteiger partial charge in [0, 0.05) is 44.8 Å². The molecule has 2 aromatic rings. The van der Waals surface area contributed by atoms with Crippen molar-refractivity contribution in [2.24, 2.45) is 4.99 Å². The van der Waals surface area contributed by atoms with Crippen LogP contribution >= 0.6 is 0 Å². The van der Waals surface area contributed by atoms with Crippen molar-refractivity contribution in [3.05, 3.63) is 65.5 Å². The first kappa shape index (κ1) is 23.0. The summed E-state index contributed by atoms with van der Waals surface area (Å²) in [7, 11) is 3.46. The lowest BCUT2D eigenvalue weighted by atomic mass is 10.0. The minimum atomic E-state index is -0.185. The van der Waals surface area contributed by atoms with Crippen molar-refractivity contribution in [3.8, 4) is 5.75 Å². The molecule has 6 nitrogen and oxygen atoms in total. The Hall–Kier alpha value is -2.64. The molecule has 0 unspecified atom stereocenters. The topological polar surface area (TPSA) is 58.1 Å². The second-order valence-corrected chi connectivity index (χ2v) is 7.68. The van der Waals surface area contributed by atoms with Crippen LogP contribution in [0.2, 0.25) is 0 Å². The van der Waals surface area contributed by atoms with Crippen LogP contribution in [0.15, 0.2) is 53.5 Å². The number of piperidine rings is 1. The highest BCUT2D eigenvalue weighted by Gasteiger charge is 2.20. The minimum absolute atomic E-state index is 0.185. The normalized spacial score (nSPS) is 15.6. The molecule has 0 bridgehead atoms. The van der Waals surface area contributed by atoms with Crippen molar-refractivity contribution in [1.29, 1.82) is 0 Å². The van der Waals surface area contributed by atoms with E-state index in [1.54, 1.807) is 14.2 Å². The van der Waals surface area contributed by atoms with Crippen LogP contribution in [0.3, 0.4) is 0 Å². The van der Waals surface area contributed by atoms with Gasteiger partial charge in [0.25, 0.3) is 0 Å². The molecule has 0 amide bonds. The van der Waals surface area contributed by atoms with Crippen molar-refractivity contribution in [1.82, 2.24) is 15.5 Å². The summed E-state index contributed by atoms with van der Waals surface area (Å²) >= 11 is 0. The number of hydrogen-bond acceptors (Lipinski definition) is 4. The molecule has 168 valence electrons. The number of guanidine groups is 1. The molecular formula is C24H33FN4O2. The van der Waals surface area contributed by atoms with Gasteiger partial charge in [-0.3, -0.25) is 9.89 Å². The first-order valence-electron chi connectivity index (χ1n) is 10.8. The zero-order valence-corrected chi connectivity index (χ0v) is 18.4. The van der Waals surface area contributed by atoms with E-state index in [0.717, 1.165) is 55.3 Å². The third kappa shape index (κ3) is 7.52. The average Bonchev–Trinajstić information content (AvgIpc) is 2.81. The maximum Gasteiger partial charge on any atom is 0.191 e. The monoisotopic (exact) mass is 428 g/mol. The fraction of sp³-hybridized carbons (Fsp3) is 0.458. The van der Waals surface area contributed by atoms with E-state index in [-0.39, 0.29) is 5.82 Å². The Bertz CT molecular complexity index is 821. The molecule has 1 saturated heterocycles. The standard InChI is InChI=1S/C24H33FN4O2/c1-26-24(27-13-16-31-18-20-5-3-4-6-23(20)30-2)28-22-11-14-29(15-12-22)17-19-7-9-21(25)10-8-19/h3-10,22H,11-18H2,1-2H3,(H2,26,27,28). The van der Waals surface area contributed by atoms with Gasteiger partial charge in [-0.15, -0.1) is 0 Å². The lowest BCUT2D eigenvalue weighted by molar-refractivity contribution is 0.123. The molecule has 3 rings (SSSR count). The van der Waals surface area contributed by atoms with Crippen LogP contribution < -0.4 is 15.4 Å². The van der Waals surface area contributed by atoms with Gasteiger partial charge in [0.2, 0.25) is 0 Å². The van der Waals surface area contributed by atoms with E-state index < -0.39 is 0 Å². The third-order valence-corrected chi connectivity index (χ3v) is 5.46. The summed E-state index contributed by atoms with van der Waals surface area (Å²) in [6.07, 6.45) is 2.10. The van der Waals surface area contributed by atoms with Crippen LogP contribution in [-0.4, -0.2) is 57.3 Å². The molecule has 7 heteroatoms. The second kappa shape index (κ2) is 12.3. The predicted octanol–water partition coefficient (Wildman–Crippen LogP) is 3.18. The quantitative estimate of drug-likeness (QED) is 0.365. The molecule has 0 aliphatic carbocycles. The summed E-state index contributed by atoms with van der Waals surface area (Å²) in [6, 6.07) is 15.1. The molecule has 31 heavy (non-hydrogen) atoms. The van der Waals surface area contributed by atoms with Crippen molar-refractivity contribution < 1.29 is 13.9 Å². The first-order chi connectivity index (χ1) is 15.2. The van der Waals surface area contributed by atoms with Crippen molar-refractivity contribution >= 4 is 5.96 Å². The summed E-state index contributed by atoms with van der Waals surface area (Å²) in [4.78, 5) is 6.74. The van der Waals surface area contributed by atoms with Gasteiger partial charge >= 0.3 is 0 Å². The Balaban J connectivity index is 1.32. The molecule has 0 saturated carbocycles. The Morgan fingerprint density at radius 1 is 1.13 bits per heavy atom. The van der Waals surface area contributed by atoms with Crippen molar-refractivity contribution in [2.45, 2.75) is 32.0 Å². The van der Waals surface area contributed by atoms with E-state index >= 15 is 0 Å². The molecule has 1 heterocycles. The van der Waals surface area contributed by atoms with Gasteiger partial charge in [-0.2, -0.15) is 0 Å². The summed E-state index contributed by atoms with van der Waals surface area (Å²) in [6.45, 7) is 4.66. The van der Waals surface area contributed by atoms with Gasteiger partial charge in [-0.1, -0.05) is 30.3 Å². The number of nitrogens with one attached hydrogen (secondary N) is 2. The van der Waals surface area contributed by atoms with E-state index in [2.05, 4.69) is 20.5 Å². The van der Waals surface area contributed by atoms with Crippen LogP contribution in [-0.2, 0) is 17.9 Å². The van der Waals surface area contributed by atoms with Crippen molar-refractivity contribution in [2.75, 3.05) is 40.4 Å². The van der Waals surface area contributed by atoms with E-state index in [9.17, 15) is 4.39 Å². The maximum atomic E-state index is 13.1. The van der Waals surface area contributed by atoms with Gasteiger partial charge in [-0.25, -0.2) is 4.39 Å². The van der Waals surface area contributed by atoms with E-state index in [4.69, 9.17) is 9.47 Å². The molecule has 1 fully saturated rings. The zero-order valence-electron chi connectivity index (χ0n) is 18.4. The summed E-state index contributed by atoms with van der Waals surface area (Å²) in [5.74, 6) is 1.47. The number of rotatable bonds is 9.